The second-order valence-corrected chi connectivity index (χ2v) is 19.0. The van der Waals surface area contributed by atoms with Crippen LogP contribution in [-0.4, -0.2) is 135 Å². The number of benzene rings is 2. The van der Waals surface area contributed by atoms with Gasteiger partial charge >= 0.3 is 0 Å². The van der Waals surface area contributed by atoms with Gasteiger partial charge in [-0.3, -0.25) is 0 Å². The van der Waals surface area contributed by atoms with Crippen molar-refractivity contribution in [2.24, 2.45) is 0 Å². The topological polar surface area (TPSA) is 256 Å². The number of nitrogens with zero attached hydrogens (tertiary/aromatic N) is 2. The first-order chi connectivity index (χ1) is 35.0. The summed E-state index contributed by atoms with van der Waals surface area (Å²) < 4.78 is 23.2. The van der Waals surface area contributed by atoms with Crippen LogP contribution in [0.5, 0.6) is 11.5 Å². The number of aromatic amines is 2. The van der Waals surface area contributed by atoms with E-state index in [0.29, 0.717) is 11.5 Å². The number of aliphatic hydroxyl groups is 8. The monoisotopic (exact) mass is 986 g/mol. The van der Waals surface area contributed by atoms with Crippen LogP contribution in [0.25, 0.3) is 68.6 Å². The Balaban J connectivity index is 1.18. The molecule has 10 atom stereocenters. The van der Waals surface area contributed by atoms with Crippen LogP contribution in [0, 0.1) is 0 Å². The molecule has 0 amide bonds. The normalized spacial score (nSPS) is 25.0. The number of aromatic nitrogens is 4. The molecule has 5 aromatic rings. The Morgan fingerprint density at radius 3 is 1.19 bits per heavy atom. The highest BCUT2D eigenvalue weighted by atomic mass is 16.7. The molecule has 0 saturated carbocycles. The highest BCUT2D eigenvalue weighted by Gasteiger charge is 2.46. The van der Waals surface area contributed by atoms with Crippen molar-refractivity contribution in [2.45, 2.75) is 139 Å². The third-order valence-electron chi connectivity index (χ3n) is 14.0. The minimum absolute atomic E-state index is 0.347. The Morgan fingerprint density at radius 1 is 0.444 bits per heavy atom. The third-order valence-corrected chi connectivity index (χ3v) is 14.0. The summed E-state index contributed by atoms with van der Waals surface area (Å²) in [7, 11) is 0. The summed E-state index contributed by atoms with van der Waals surface area (Å²) in [5, 5.41) is 82.2. The molecule has 10 N–H and O–H groups in total. The van der Waals surface area contributed by atoms with Gasteiger partial charge in [0.1, 0.15) is 60.3 Å². The number of hydrogen-bond donors (Lipinski definition) is 10. The van der Waals surface area contributed by atoms with Crippen molar-refractivity contribution in [3.8, 4) is 33.8 Å². The lowest BCUT2D eigenvalue weighted by Crippen LogP contribution is -2.60. The van der Waals surface area contributed by atoms with Crippen molar-refractivity contribution in [3.63, 3.8) is 0 Å². The maximum atomic E-state index is 10.7. The molecule has 72 heavy (non-hydrogen) atoms. The van der Waals surface area contributed by atoms with Crippen molar-refractivity contribution < 1.29 is 59.8 Å². The molecule has 4 unspecified atom stereocenters. The van der Waals surface area contributed by atoms with Crippen LogP contribution in [0.2, 0.25) is 0 Å². The SMILES string of the molecule is CCCCCCc1c2nc(c(-c3ccc(O[C@@H]4OC(CO)[C@H](O)[C@H](O)C4O)cc3)c3ccc([nH]3)c(CCCCCC)c3nc(c(-c4ccc(OC5O[C@H](CO)C(O)[C@@H](O)[C@H]5O)cc4)c4ccc1[nH]4)C=C3)C=C2. The summed E-state index contributed by atoms with van der Waals surface area (Å²) in [5.41, 5.74) is 12.2. The van der Waals surface area contributed by atoms with E-state index in [-0.39, 0.29) is 0 Å². The van der Waals surface area contributed by atoms with Crippen LogP contribution >= 0.6 is 0 Å². The van der Waals surface area contributed by atoms with E-state index < -0.39 is 74.6 Å². The number of aryl methyl sites for hydroxylation is 2. The summed E-state index contributed by atoms with van der Waals surface area (Å²) in [6.45, 7) is 3.26. The van der Waals surface area contributed by atoms with Crippen LogP contribution in [0.4, 0.5) is 0 Å². The Morgan fingerprint density at radius 2 is 0.819 bits per heavy atom. The second kappa shape index (κ2) is 23.0. The molecule has 0 aliphatic carbocycles. The summed E-state index contributed by atoms with van der Waals surface area (Å²) in [6, 6.07) is 22.9. The fourth-order valence-corrected chi connectivity index (χ4v) is 9.91. The number of rotatable bonds is 18. The zero-order valence-corrected chi connectivity index (χ0v) is 40.6. The summed E-state index contributed by atoms with van der Waals surface area (Å²) in [4.78, 5) is 18.3. The standard InChI is InChI=1S/C56H66N4O12/c1-3-5-7-9-11-35-37-21-25-41(57-37)47(31-13-17-33(18-14-31)69-55-53(67)51(65)49(63)45(29-61)71-55)43-27-23-39(59-43)36(12-10-8-6-4-2)40-24-28-44(60-40)48(42-26-22-38(35)58-42)32-15-19-34(20-16-32)70-56-54(68)52(66)50(64)46(30-62)72-56/h13-28,45-46,49-57,60-68H,3-12,29-30H2,1-2H3/t45-,46?,49?,50+,51-,52+,53-,54?,55?,56-/m1/s1. The fraction of sp³-hybridized carbons (Fsp3) is 0.429. The summed E-state index contributed by atoms with van der Waals surface area (Å²) in [6.07, 6.45) is 4.14. The van der Waals surface area contributed by atoms with E-state index >= 15 is 0 Å². The smallest absolute Gasteiger partial charge is 0.229 e. The predicted molar refractivity (Wildman–Crippen MR) is 274 cm³/mol. The maximum Gasteiger partial charge on any atom is 0.229 e. The van der Waals surface area contributed by atoms with Crippen molar-refractivity contribution in [3.05, 3.63) is 107 Å². The van der Waals surface area contributed by atoms with Gasteiger partial charge in [0.15, 0.2) is 0 Å². The first-order valence-corrected chi connectivity index (χ1v) is 25.3. The van der Waals surface area contributed by atoms with Gasteiger partial charge in [-0.2, -0.15) is 0 Å². The van der Waals surface area contributed by atoms with E-state index in [4.69, 9.17) is 28.9 Å². The van der Waals surface area contributed by atoms with Crippen LogP contribution in [0.15, 0.2) is 72.8 Å². The van der Waals surface area contributed by atoms with Crippen molar-refractivity contribution in [1.29, 1.82) is 0 Å². The molecule has 2 saturated heterocycles. The number of fused-ring (bicyclic) bond motifs is 8. The third kappa shape index (κ3) is 10.8. The van der Waals surface area contributed by atoms with Crippen LogP contribution in [-0.2, 0) is 22.3 Å². The highest BCUT2D eigenvalue weighted by molar-refractivity contribution is 5.94. The van der Waals surface area contributed by atoms with Gasteiger partial charge in [0, 0.05) is 44.3 Å². The van der Waals surface area contributed by atoms with Gasteiger partial charge in [-0.15, -0.1) is 0 Å². The predicted octanol–water partition coefficient (Wildman–Crippen LogP) is 6.59. The van der Waals surface area contributed by atoms with Crippen LogP contribution in [0.3, 0.4) is 0 Å². The van der Waals surface area contributed by atoms with E-state index in [1.807, 2.05) is 36.4 Å². The molecule has 2 fully saturated rings. The first kappa shape index (κ1) is 51.2. The largest absolute Gasteiger partial charge is 0.462 e. The zero-order valence-electron chi connectivity index (χ0n) is 40.6. The molecule has 16 heteroatoms. The molecule has 4 aliphatic rings. The number of nitrogens with one attached hydrogen (secondary N) is 2. The molecule has 7 heterocycles. The van der Waals surface area contributed by atoms with Gasteiger partial charge in [0.25, 0.3) is 0 Å². The minimum atomic E-state index is -1.57. The van der Waals surface area contributed by atoms with Crippen molar-refractivity contribution in [1.82, 2.24) is 19.9 Å². The lowest BCUT2D eigenvalue weighted by molar-refractivity contribution is -0.277. The molecule has 8 bridgehead atoms. The van der Waals surface area contributed by atoms with Crippen molar-refractivity contribution >= 4 is 46.4 Å². The quantitative estimate of drug-likeness (QED) is 0.0407. The molecule has 9 rings (SSSR count). The van der Waals surface area contributed by atoms with E-state index in [2.05, 4.69) is 60.2 Å². The molecule has 3 aromatic heterocycles. The highest BCUT2D eigenvalue weighted by Crippen LogP contribution is 2.37. The molecule has 0 spiro atoms. The number of unbranched alkanes of at least 4 members (excludes halogenated alkanes) is 6. The lowest BCUT2D eigenvalue weighted by Gasteiger charge is -2.39. The Kier molecular flexibility index (Phi) is 16.3. The van der Waals surface area contributed by atoms with Gasteiger partial charge in [-0.05, 0) is 110 Å². The number of aliphatic hydroxyl groups excluding tert-OH is 8. The van der Waals surface area contributed by atoms with E-state index in [9.17, 15) is 40.9 Å². The molecular weight excluding hydrogens is 921 g/mol. The number of hydrogen-bond acceptors (Lipinski definition) is 14. The molecule has 0 radical (unpaired) electrons. The van der Waals surface area contributed by atoms with Crippen LogP contribution < -0.4 is 9.47 Å². The summed E-state index contributed by atoms with van der Waals surface area (Å²) >= 11 is 0. The average Bonchev–Trinajstić information content (AvgIpc) is 4.26. The van der Waals surface area contributed by atoms with E-state index in [0.717, 1.165) is 142 Å². The molecule has 382 valence electrons. The summed E-state index contributed by atoms with van der Waals surface area (Å²) in [5.74, 6) is 0.694. The zero-order chi connectivity index (χ0) is 50.5. The van der Waals surface area contributed by atoms with Gasteiger partial charge in [-0.1, -0.05) is 76.6 Å². The first-order valence-electron chi connectivity index (χ1n) is 25.3. The van der Waals surface area contributed by atoms with Crippen molar-refractivity contribution in [2.75, 3.05) is 13.2 Å². The molecular formula is C56H66N4O12. The van der Waals surface area contributed by atoms with E-state index in [1.165, 1.54) is 0 Å². The average molecular weight is 987 g/mol. The fourth-order valence-electron chi connectivity index (χ4n) is 9.91. The van der Waals surface area contributed by atoms with Crippen LogP contribution in [0.1, 0.15) is 99.1 Å². The van der Waals surface area contributed by atoms with Gasteiger partial charge < -0.3 is 69.8 Å². The minimum Gasteiger partial charge on any atom is -0.462 e. The number of H-pyrrole nitrogens is 2. The Labute approximate surface area is 417 Å². The molecule has 2 aromatic carbocycles. The van der Waals surface area contributed by atoms with Gasteiger partial charge in [-0.25, -0.2) is 9.97 Å². The molecule has 16 nitrogen and oxygen atoms in total. The molecule has 4 aliphatic heterocycles. The lowest BCUT2D eigenvalue weighted by atomic mass is 9.99. The maximum absolute atomic E-state index is 10.7. The number of ether oxygens (including phenoxy) is 4. The van der Waals surface area contributed by atoms with E-state index in [1.54, 1.807) is 24.3 Å². The van der Waals surface area contributed by atoms with Gasteiger partial charge in [0.2, 0.25) is 12.6 Å². The second-order valence-electron chi connectivity index (χ2n) is 19.0. The Bertz CT molecular complexity index is 2680. The van der Waals surface area contributed by atoms with Gasteiger partial charge in [0.05, 0.1) is 36.0 Å². The Hall–Kier alpha value is -5.76.